The van der Waals surface area contributed by atoms with Crippen molar-refractivity contribution in [2.45, 2.75) is 32.2 Å². The summed E-state index contributed by atoms with van der Waals surface area (Å²) >= 11 is 0. The van der Waals surface area contributed by atoms with Crippen LogP contribution in [-0.2, 0) is 0 Å². The van der Waals surface area contributed by atoms with Crippen molar-refractivity contribution >= 4 is 6.03 Å². The summed E-state index contributed by atoms with van der Waals surface area (Å²) in [5, 5.41) is 3.28. The zero-order chi connectivity index (χ0) is 9.68. The van der Waals surface area contributed by atoms with Crippen molar-refractivity contribution in [3.8, 4) is 0 Å². The van der Waals surface area contributed by atoms with E-state index in [-0.39, 0.29) is 6.03 Å². The molecule has 3 N–H and O–H groups in total. The molecule has 13 heavy (non-hydrogen) atoms. The number of rotatable bonds is 3. The highest BCUT2D eigenvalue weighted by Gasteiger charge is 2.23. The lowest BCUT2D eigenvalue weighted by molar-refractivity contribution is 0.161. The van der Waals surface area contributed by atoms with E-state index < -0.39 is 0 Å². The average Bonchev–Trinajstić information content (AvgIpc) is 2.15. The van der Waals surface area contributed by atoms with E-state index in [0.29, 0.717) is 6.04 Å². The molecule has 2 amide bonds. The van der Waals surface area contributed by atoms with Crippen LogP contribution >= 0.6 is 0 Å². The molecule has 0 aromatic heterocycles. The number of unbranched alkanes of at least 4 members (excludes halogenated alkanes) is 1. The lowest BCUT2D eigenvalue weighted by atomic mass is 10.1. The number of urea groups is 1. The van der Waals surface area contributed by atoms with Gasteiger partial charge in [-0.3, -0.25) is 0 Å². The lowest BCUT2D eigenvalue weighted by Crippen LogP contribution is -2.55. The summed E-state index contributed by atoms with van der Waals surface area (Å²) in [6, 6.07) is 0.0359. The summed E-state index contributed by atoms with van der Waals surface area (Å²) in [5.41, 5.74) is 5.29. The second kappa shape index (κ2) is 5.07. The molecule has 1 unspecified atom stereocenters. The number of nitrogens with zero attached hydrogens (tertiary/aromatic N) is 1. The van der Waals surface area contributed by atoms with Crippen molar-refractivity contribution in [3.05, 3.63) is 0 Å². The van der Waals surface area contributed by atoms with Crippen molar-refractivity contribution in [3.63, 3.8) is 0 Å². The third kappa shape index (κ3) is 2.88. The van der Waals surface area contributed by atoms with Gasteiger partial charge in [-0.05, 0) is 6.42 Å². The molecule has 1 aliphatic rings. The number of hydrogen-bond donors (Lipinski definition) is 2. The molecule has 1 rings (SSSR count). The van der Waals surface area contributed by atoms with Gasteiger partial charge in [0.05, 0.1) is 0 Å². The molecule has 0 saturated carbocycles. The van der Waals surface area contributed by atoms with E-state index in [2.05, 4.69) is 12.2 Å². The Hall–Kier alpha value is -0.770. The molecule has 4 nitrogen and oxygen atoms in total. The van der Waals surface area contributed by atoms with Crippen molar-refractivity contribution in [2.75, 3.05) is 19.6 Å². The summed E-state index contributed by atoms with van der Waals surface area (Å²) in [7, 11) is 0. The molecule has 1 aliphatic heterocycles. The second-order valence-electron chi connectivity index (χ2n) is 3.53. The SMILES string of the molecule is CCCCC1CNCCN1C(N)=O. The Morgan fingerprint density at radius 1 is 1.69 bits per heavy atom. The Morgan fingerprint density at radius 2 is 2.46 bits per heavy atom. The van der Waals surface area contributed by atoms with Crippen molar-refractivity contribution in [1.82, 2.24) is 10.2 Å². The molecule has 1 fully saturated rings. The number of nitrogens with one attached hydrogen (secondary N) is 1. The van der Waals surface area contributed by atoms with Gasteiger partial charge in [0.2, 0.25) is 0 Å². The van der Waals surface area contributed by atoms with Crippen molar-refractivity contribution in [2.24, 2.45) is 5.73 Å². The highest BCUT2D eigenvalue weighted by Crippen LogP contribution is 2.10. The Morgan fingerprint density at radius 3 is 3.08 bits per heavy atom. The summed E-state index contributed by atoms with van der Waals surface area (Å²) in [6.45, 7) is 4.67. The molecule has 4 heteroatoms. The van der Waals surface area contributed by atoms with Gasteiger partial charge in [0.15, 0.2) is 0 Å². The topological polar surface area (TPSA) is 58.4 Å². The van der Waals surface area contributed by atoms with Crippen LogP contribution in [0.15, 0.2) is 0 Å². The van der Waals surface area contributed by atoms with Crippen LogP contribution in [0, 0.1) is 0 Å². The average molecular weight is 185 g/mol. The molecule has 1 saturated heterocycles. The molecule has 0 bridgehead atoms. The maximum absolute atomic E-state index is 11.0. The predicted octanol–water partition coefficient (Wildman–Crippen LogP) is 0.529. The molecule has 0 spiro atoms. The number of carbonyl (C=O) groups excluding carboxylic acids is 1. The van der Waals surface area contributed by atoms with Crippen LogP contribution in [0.4, 0.5) is 4.79 Å². The number of hydrogen-bond acceptors (Lipinski definition) is 2. The van der Waals surface area contributed by atoms with Gasteiger partial charge in [-0.2, -0.15) is 0 Å². The predicted molar refractivity (Wildman–Crippen MR) is 52.5 cm³/mol. The molecule has 0 radical (unpaired) electrons. The van der Waals surface area contributed by atoms with E-state index in [9.17, 15) is 4.79 Å². The fourth-order valence-electron chi connectivity index (χ4n) is 1.75. The summed E-state index contributed by atoms with van der Waals surface area (Å²) in [6.07, 6.45) is 3.39. The first-order valence-corrected chi connectivity index (χ1v) is 5.02. The summed E-state index contributed by atoms with van der Waals surface area (Å²) in [5.74, 6) is 0. The summed E-state index contributed by atoms with van der Waals surface area (Å²) < 4.78 is 0. The molecule has 0 aromatic rings. The number of primary amides is 1. The van der Waals surface area contributed by atoms with Crippen LogP contribution in [0.3, 0.4) is 0 Å². The smallest absolute Gasteiger partial charge is 0.315 e. The minimum Gasteiger partial charge on any atom is -0.351 e. The van der Waals surface area contributed by atoms with Gasteiger partial charge >= 0.3 is 6.03 Å². The largest absolute Gasteiger partial charge is 0.351 e. The van der Waals surface area contributed by atoms with Gasteiger partial charge in [0, 0.05) is 25.7 Å². The van der Waals surface area contributed by atoms with Gasteiger partial charge in [0.1, 0.15) is 0 Å². The van der Waals surface area contributed by atoms with E-state index in [1.54, 1.807) is 4.90 Å². The zero-order valence-corrected chi connectivity index (χ0v) is 8.25. The first-order chi connectivity index (χ1) is 6.25. The van der Waals surface area contributed by atoms with E-state index in [0.717, 1.165) is 32.5 Å². The molecule has 1 atom stereocenters. The zero-order valence-electron chi connectivity index (χ0n) is 8.25. The minimum absolute atomic E-state index is 0.275. The van der Waals surface area contributed by atoms with Gasteiger partial charge in [-0.1, -0.05) is 19.8 Å². The number of nitrogens with two attached hydrogens (primary N) is 1. The Labute approximate surface area is 79.5 Å². The third-order valence-corrected chi connectivity index (χ3v) is 2.52. The fraction of sp³-hybridized carbons (Fsp3) is 0.889. The summed E-state index contributed by atoms with van der Waals surface area (Å²) in [4.78, 5) is 12.8. The highest BCUT2D eigenvalue weighted by molar-refractivity contribution is 5.72. The van der Waals surface area contributed by atoms with E-state index in [1.807, 2.05) is 0 Å². The van der Waals surface area contributed by atoms with Crippen LogP contribution in [0.25, 0.3) is 0 Å². The Bertz CT molecular complexity index is 172. The molecule has 1 heterocycles. The molecule has 76 valence electrons. The van der Waals surface area contributed by atoms with Crippen molar-refractivity contribution < 1.29 is 4.79 Å². The fourth-order valence-corrected chi connectivity index (χ4v) is 1.75. The molecular weight excluding hydrogens is 166 g/mol. The van der Waals surface area contributed by atoms with Gasteiger partial charge in [0.25, 0.3) is 0 Å². The van der Waals surface area contributed by atoms with E-state index >= 15 is 0 Å². The quantitative estimate of drug-likeness (QED) is 0.674. The normalized spacial score (nSPS) is 23.2. The maximum atomic E-state index is 11.0. The lowest BCUT2D eigenvalue weighted by Gasteiger charge is -2.35. The van der Waals surface area contributed by atoms with Crippen LogP contribution in [-0.4, -0.2) is 36.6 Å². The number of amides is 2. The first kappa shape index (κ1) is 10.3. The Kier molecular flexibility index (Phi) is 4.02. The van der Waals surface area contributed by atoms with Crippen molar-refractivity contribution in [1.29, 1.82) is 0 Å². The highest BCUT2D eigenvalue weighted by atomic mass is 16.2. The first-order valence-electron chi connectivity index (χ1n) is 5.02. The van der Waals surface area contributed by atoms with Crippen LogP contribution < -0.4 is 11.1 Å². The monoisotopic (exact) mass is 185 g/mol. The number of carbonyl (C=O) groups is 1. The second-order valence-corrected chi connectivity index (χ2v) is 3.53. The van der Waals surface area contributed by atoms with E-state index in [1.165, 1.54) is 6.42 Å². The molecule has 0 aliphatic carbocycles. The Balaban J connectivity index is 2.41. The number of piperazine rings is 1. The maximum Gasteiger partial charge on any atom is 0.315 e. The molecule has 0 aromatic carbocycles. The van der Waals surface area contributed by atoms with Gasteiger partial charge < -0.3 is 16.0 Å². The minimum atomic E-state index is -0.275. The van der Waals surface area contributed by atoms with Gasteiger partial charge in [-0.15, -0.1) is 0 Å². The van der Waals surface area contributed by atoms with Gasteiger partial charge in [-0.25, -0.2) is 4.79 Å². The molecular formula is C9H19N3O. The van der Waals surface area contributed by atoms with E-state index in [4.69, 9.17) is 5.73 Å². The third-order valence-electron chi connectivity index (χ3n) is 2.52. The van der Waals surface area contributed by atoms with Crippen LogP contribution in [0.2, 0.25) is 0 Å². The van der Waals surface area contributed by atoms with Crippen LogP contribution in [0.1, 0.15) is 26.2 Å². The standard InChI is InChI=1S/C9H19N3O/c1-2-3-4-8-7-11-5-6-12(8)9(10)13/h8,11H,2-7H2,1H3,(H2,10,13). The van der Waals surface area contributed by atoms with Crippen LogP contribution in [0.5, 0.6) is 0 Å².